The molecule has 2 aliphatic rings. The van der Waals surface area contributed by atoms with Crippen molar-refractivity contribution in [1.29, 1.82) is 0 Å². The third-order valence-corrected chi connectivity index (χ3v) is 4.13. The van der Waals surface area contributed by atoms with Crippen molar-refractivity contribution in [2.45, 2.75) is 5.41 Å². The molecule has 1 saturated carbocycles. The molecule has 0 aromatic carbocycles. The molecule has 1 aliphatic heterocycles. The van der Waals surface area contributed by atoms with Crippen LogP contribution in [0.2, 0.25) is 0 Å². The summed E-state index contributed by atoms with van der Waals surface area (Å²) in [5.74, 6) is -0.602. The van der Waals surface area contributed by atoms with E-state index in [0.717, 1.165) is 4.47 Å². The number of rotatable bonds is 2. The van der Waals surface area contributed by atoms with Gasteiger partial charge in [-0.2, -0.15) is 0 Å². The van der Waals surface area contributed by atoms with E-state index >= 15 is 0 Å². The first kappa shape index (κ1) is 10.2. The molecule has 0 radical (unpaired) electrons. The molecule has 4 nitrogen and oxygen atoms in total. The molecule has 84 valence electrons. The first-order valence-electron chi connectivity index (χ1n) is 5.10. The maximum absolute atomic E-state index is 11.5. The van der Waals surface area contributed by atoms with Crippen molar-refractivity contribution in [3.05, 3.63) is 28.5 Å². The van der Waals surface area contributed by atoms with Gasteiger partial charge in [-0.25, -0.2) is 0 Å². The fourth-order valence-corrected chi connectivity index (χ4v) is 3.13. The van der Waals surface area contributed by atoms with Crippen LogP contribution in [0.5, 0.6) is 0 Å². The highest BCUT2D eigenvalue weighted by atomic mass is 79.9. The lowest BCUT2D eigenvalue weighted by molar-refractivity contribution is -0.142. The summed E-state index contributed by atoms with van der Waals surface area (Å²) < 4.78 is 6.13. The minimum atomic E-state index is -0.804. The van der Waals surface area contributed by atoms with Crippen molar-refractivity contribution in [1.82, 2.24) is 4.98 Å². The summed E-state index contributed by atoms with van der Waals surface area (Å²) in [5, 5.41) is 9.44. The topological polar surface area (TPSA) is 59.4 Å². The molecule has 1 aromatic heterocycles. The van der Waals surface area contributed by atoms with Crippen molar-refractivity contribution in [3.63, 3.8) is 0 Å². The van der Waals surface area contributed by atoms with Gasteiger partial charge in [0.1, 0.15) is 5.41 Å². The summed E-state index contributed by atoms with van der Waals surface area (Å²) in [7, 11) is 0. The van der Waals surface area contributed by atoms with E-state index in [2.05, 4.69) is 20.9 Å². The van der Waals surface area contributed by atoms with Crippen LogP contribution in [-0.4, -0.2) is 29.3 Å². The first-order chi connectivity index (χ1) is 7.67. The average Bonchev–Trinajstić information content (AvgIpc) is 2.64. The maximum Gasteiger partial charge on any atom is 0.316 e. The Balaban J connectivity index is 2.06. The third kappa shape index (κ3) is 1.13. The second-order valence-electron chi connectivity index (χ2n) is 4.28. The van der Waals surface area contributed by atoms with Crippen molar-refractivity contribution >= 4 is 21.9 Å². The number of halogens is 1. The molecule has 1 saturated heterocycles. The molecule has 0 bridgehead atoms. The van der Waals surface area contributed by atoms with Crippen molar-refractivity contribution in [2.24, 2.45) is 11.8 Å². The second-order valence-corrected chi connectivity index (χ2v) is 5.20. The molecule has 1 N–H and O–H groups in total. The molecule has 1 aliphatic carbocycles. The summed E-state index contributed by atoms with van der Waals surface area (Å²) in [6.07, 6.45) is 1.64. The lowest BCUT2D eigenvalue weighted by Crippen LogP contribution is -2.29. The van der Waals surface area contributed by atoms with Gasteiger partial charge in [0.15, 0.2) is 0 Å². The van der Waals surface area contributed by atoms with Crippen molar-refractivity contribution in [3.8, 4) is 0 Å². The predicted molar refractivity (Wildman–Crippen MR) is 59.0 cm³/mol. The van der Waals surface area contributed by atoms with E-state index in [-0.39, 0.29) is 11.8 Å². The second kappa shape index (κ2) is 3.28. The highest BCUT2D eigenvalue weighted by Gasteiger charge is 2.74. The molecule has 1 unspecified atom stereocenters. The smallest absolute Gasteiger partial charge is 0.316 e. The Morgan fingerprint density at radius 3 is 2.81 bits per heavy atom. The Labute approximate surface area is 101 Å². The minimum absolute atomic E-state index is 0.0896. The van der Waals surface area contributed by atoms with Gasteiger partial charge in [0.05, 0.1) is 18.9 Å². The van der Waals surface area contributed by atoms with Gasteiger partial charge in [-0.1, -0.05) is 15.9 Å². The van der Waals surface area contributed by atoms with Crippen LogP contribution < -0.4 is 0 Å². The molecule has 16 heavy (non-hydrogen) atoms. The van der Waals surface area contributed by atoms with Crippen LogP contribution in [0.1, 0.15) is 5.69 Å². The number of nitrogens with zero attached hydrogens (tertiary/aromatic N) is 1. The Morgan fingerprint density at radius 1 is 1.56 bits per heavy atom. The molecule has 1 aromatic rings. The fraction of sp³-hybridized carbons (Fsp3) is 0.455. The summed E-state index contributed by atoms with van der Waals surface area (Å²) in [4.78, 5) is 15.7. The average molecular weight is 284 g/mol. The molecule has 3 rings (SSSR count). The number of hydrogen-bond donors (Lipinski definition) is 1. The fourth-order valence-electron chi connectivity index (χ4n) is 2.79. The normalized spacial score (nSPS) is 35.8. The predicted octanol–water partition coefficient (Wildman–Crippen LogP) is 1.44. The van der Waals surface area contributed by atoms with Crippen LogP contribution in [-0.2, 0) is 14.9 Å². The molecule has 5 heteroatoms. The van der Waals surface area contributed by atoms with Gasteiger partial charge in [0.25, 0.3) is 0 Å². The molecule has 2 fully saturated rings. The highest BCUT2D eigenvalue weighted by molar-refractivity contribution is 9.10. The highest BCUT2D eigenvalue weighted by Crippen LogP contribution is 2.62. The number of carboxylic acid groups (broad SMARTS) is 1. The molecule has 0 amide bonds. The minimum Gasteiger partial charge on any atom is -0.481 e. The SMILES string of the molecule is O=C(O)C1(c2cc(Br)ccn2)[C@@H]2COC[C@@H]21. The van der Waals surface area contributed by atoms with Gasteiger partial charge < -0.3 is 9.84 Å². The lowest BCUT2D eigenvalue weighted by Gasteiger charge is -2.15. The maximum atomic E-state index is 11.5. The van der Waals surface area contributed by atoms with E-state index in [1.807, 2.05) is 0 Å². The summed E-state index contributed by atoms with van der Waals surface area (Å²) >= 11 is 3.35. The number of aliphatic carboxylic acids is 1. The van der Waals surface area contributed by atoms with Gasteiger partial charge in [-0.15, -0.1) is 0 Å². The zero-order chi connectivity index (χ0) is 11.3. The van der Waals surface area contributed by atoms with E-state index in [1.54, 1.807) is 18.3 Å². The van der Waals surface area contributed by atoms with Crippen LogP contribution in [0.25, 0.3) is 0 Å². The summed E-state index contributed by atoms with van der Waals surface area (Å²) in [6, 6.07) is 3.60. The monoisotopic (exact) mass is 283 g/mol. The number of hydrogen-bond acceptors (Lipinski definition) is 3. The first-order valence-corrected chi connectivity index (χ1v) is 5.90. The zero-order valence-corrected chi connectivity index (χ0v) is 9.98. The van der Waals surface area contributed by atoms with Crippen LogP contribution in [0.4, 0.5) is 0 Å². The Morgan fingerprint density at radius 2 is 2.25 bits per heavy atom. The third-order valence-electron chi connectivity index (χ3n) is 3.64. The molecule has 0 spiro atoms. The molecular weight excluding hydrogens is 274 g/mol. The Hall–Kier alpha value is -0.940. The standard InChI is InChI=1S/C11H10BrNO3/c12-6-1-2-13-9(3-6)11(10(14)15)7-4-16-5-8(7)11/h1-3,7-8H,4-5H2,(H,14,15)/t7-,8+,11?. The van der Waals surface area contributed by atoms with Crippen molar-refractivity contribution in [2.75, 3.05) is 13.2 Å². The van der Waals surface area contributed by atoms with E-state index in [9.17, 15) is 9.90 Å². The van der Waals surface area contributed by atoms with E-state index < -0.39 is 11.4 Å². The summed E-state index contributed by atoms with van der Waals surface area (Å²) in [6.45, 7) is 1.07. The van der Waals surface area contributed by atoms with E-state index in [0.29, 0.717) is 18.9 Å². The Kier molecular flexibility index (Phi) is 2.09. The number of ether oxygens (including phenoxy) is 1. The number of fused-ring (bicyclic) bond motifs is 1. The van der Waals surface area contributed by atoms with Gasteiger partial charge in [0, 0.05) is 22.5 Å². The van der Waals surface area contributed by atoms with Gasteiger partial charge >= 0.3 is 5.97 Å². The summed E-state index contributed by atoms with van der Waals surface area (Å²) in [5.41, 5.74) is -0.158. The number of pyridine rings is 1. The largest absolute Gasteiger partial charge is 0.481 e. The van der Waals surface area contributed by atoms with Crippen LogP contribution in [0.3, 0.4) is 0 Å². The van der Waals surface area contributed by atoms with E-state index in [4.69, 9.17) is 4.74 Å². The van der Waals surface area contributed by atoms with Gasteiger partial charge in [-0.05, 0) is 12.1 Å². The quantitative estimate of drug-likeness (QED) is 0.892. The molecule has 3 atom stereocenters. The van der Waals surface area contributed by atoms with Gasteiger partial charge in [0.2, 0.25) is 0 Å². The van der Waals surface area contributed by atoms with Crippen molar-refractivity contribution < 1.29 is 14.6 Å². The zero-order valence-electron chi connectivity index (χ0n) is 8.39. The lowest BCUT2D eigenvalue weighted by atomic mass is 9.96. The van der Waals surface area contributed by atoms with Crippen LogP contribution in [0, 0.1) is 11.8 Å². The van der Waals surface area contributed by atoms with E-state index in [1.165, 1.54) is 0 Å². The van der Waals surface area contributed by atoms with Crippen LogP contribution >= 0.6 is 15.9 Å². The number of carboxylic acids is 1. The Bertz CT molecular complexity index is 452. The number of carbonyl (C=O) groups is 1. The van der Waals surface area contributed by atoms with Crippen LogP contribution in [0.15, 0.2) is 22.8 Å². The van der Waals surface area contributed by atoms with Gasteiger partial charge in [-0.3, -0.25) is 9.78 Å². The molecule has 2 heterocycles. The molecular formula is C11H10BrNO3. The number of aromatic nitrogens is 1.